The third-order valence-electron chi connectivity index (χ3n) is 3.49. The molecule has 0 unspecified atom stereocenters. The van der Waals surface area contributed by atoms with Gasteiger partial charge in [0.25, 0.3) is 0 Å². The fourth-order valence-electron chi connectivity index (χ4n) is 2.44. The zero-order valence-electron chi connectivity index (χ0n) is 11.1. The van der Waals surface area contributed by atoms with Crippen molar-refractivity contribution in [2.45, 2.75) is 25.7 Å². The maximum absolute atomic E-state index is 12.4. The number of piperidine rings is 1. The molecule has 1 aliphatic heterocycles. The molecule has 1 fully saturated rings. The summed E-state index contributed by atoms with van der Waals surface area (Å²) < 4.78 is 37.2. The molecule has 0 aromatic heterocycles. The number of benzene rings is 1. The second-order valence-corrected chi connectivity index (χ2v) is 5.78. The number of carbonyl (C=O) groups excluding carboxylic acids is 1. The first kappa shape index (κ1) is 14.8. The van der Waals surface area contributed by atoms with E-state index in [1.807, 2.05) is 4.90 Å². The lowest BCUT2D eigenvalue weighted by Gasteiger charge is -2.31. The van der Waals surface area contributed by atoms with Crippen LogP contribution in [0.25, 0.3) is 0 Å². The van der Waals surface area contributed by atoms with Gasteiger partial charge in [-0.05, 0) is 36.5 Å². The first-order valence-electron chi connectivity index (χ1n) is 6.35. The summed E-state index contributed by atoms with van der Waals surface area (Å²) in [6, 6.07) is 6.33. The Hall–Kier alpha value is -1.63. The molecule has 7 heteroatoms. The summed E-state index contributed by atoms with van der Waals surface area (Å²) in [5, 5.41) is 0. The minimum absolute atomic E-state index is 0.0441. The lowest BCUT2D eigenvalue weighted by molar-refractivity contribution is -0.129. The predicted octanol–water partition coefficient (Wildman–Crippen LogP) is 2.01. The molecule has 0 radical (unpaired) electrons. The molecule has 1 saturated heterocycles. The van der Waals surface area contributed by atoms with Crippen LogP contribution in [-0.2, 0) is 15.3 Å². The number of likely N-dealkylation sites (tertiary alicyclic amines) is 1. The summed E-state index contributed by atoms with van der Waals surface area (Å²) in [5.41, 5.74) is 1.04. The molecule has 0 atom stereocenters. The molecule has 1 amide bonds. The number of amides is 1. The molecule has 20 heavy (non-hydrogen) atoms. The monoisotopic (exact) mass is 301 g/mol. The van der Waals surface area contributed by atoms with Gasteiger partial charge in [0, 0.05) is 20.0 Å². The van der Waals surface area contributed by atoms with E-state index in [4.69, 9.17) is 0 Å². The molecule has 2 rings (SSSR count). The van der Waals surface area contributed by atoms with Gasteiger partial charge in [-0.15, -0.1) is 0 Å². The lowest BCUT2D eigenvalue weighted by Crippen LogP contribution is -2.36. The normalized spacial score (nSPS) is 17.0. The zero-order valence-corrected chi connectivity index (χ0v) is 11.9. The fraction of sp³-hybridized carbons (Fsp3) is 0.462. The van der Waals surface area contributed by atoms with Crippen molar-refractivity contribution >= 4 is 16.4 Å². The minimum Gasteiger partial charge on any atom is -0.358 e. The van der Waals surface area contributed by atoms with Crippen LogP contribution in [0.1, 0.15) is 31.2 Å². The van der Waals surface area contributed by atoms with Crippen LogP contribution in [0, 0.1) is 0 Å². The summed E-state index contributed by atoms with van der Waals surface area (Å²) in [5.74, 6) is 0.361. The molecule has 0 saturated carbocycles. The molecule has 110 valence electrons. The van der Waals surface area contributed by atoms with E-state index in [0.29, 0.717) is 5.92 Å². The Kier molecular flexibility index (Phi) is 4.27. The zero-order chi connectivity index (χ0) is 14.8. The van der Waals surface area contributed by atoms with Gasteiger partial charge < -0.3 is 9.08 Å². The highest BCUT2D eigenvalue weighted by molar-refractivity contribution is 7.81. The molecular formula is C13H16FNO4S. The highest BCUT2D eigenvalue weighted by atomic mass is 32.3. The average Bonchev–Trinajstić information content (AvgIpc) is 2.38. The van der Waals surface area contributed by atoms with Crippen molar-refractivity contribution in [3.8, 4) is 5.75 Å². The summed E-state index contributed by atoms with van der Waals surface area (Å²) in [6.07, 6.45) is 1.72. The van der Waals surface area contributed by atoms with E-state index >= 15 is 0 Å². The molecule has 1 aliphatic rings. The smallest absolute Gasteiger partial charge is 0.358 e. The van der Waals surface area contributed by atoms with E-state index in [9.17, 15) is 17.1 Å². The van der Waals surface area contributed by atoms with Crippen molar-refractivity contribution in [2.75, 3.05) is 13.1 Å². The summed E-state index contributed by atoms with van der Waals surface area (Å²) in [6.45, 7) is 3.00. The Bertz CT molecular complexity index is 577. The highest BCUT2D eigenvalue weighted by Crippen LogP contribution is 2.29. The van der Waals surface area contributed by atoms with Gasteiger partial charge in [-0.2, -0.15) is 8.42 Å². The molecule has 0 spiro atoms. The summed E-state index contributed by atoms with van der Waals surface area (Å²) in [7, 11) is -4.98. The molecule has 1 heterocycles. The SMILES string of the molecule is CC(=O)N1CCC(c2ccc(OS(=O)(=O)F)cc2)CC1. The van der Waals surface area contributed by atoms with Crippen molar-refractivity contribution in [2.24, 2.45) is 0 Å². The van der Waals surface area contributed by atoms with E-state index in [2.05, 4.69) is 4.18 Å². The highest BCUT2D eigenvalue weighted by Gasteiger charge is 2.22. The van der Waals surface area contributed by atoms with Crippen LogP contribution in [0.2, 0.25) is 0 Å². The van der Waals surface area contributed by atoms with E-state index in [1.165, 1.54) is 12.1 Å². The first-order valence-corrected chi connectivity index (χ1v) is 7.65. The molecule has 0 aliphatic carbocycles. The van der Waals surface area contributed by atoms with Gasteiger partial charge in [-0.3, -0.25) is 4.79 Å². The van der Waals surface area contributed by atoms with Crippen LogP contribution in [0.15, 0.2) is 24.3 Å². The van der Waals surface area contributed by atoms with E-state index in [1.54, 1.807) is 19.1 Å². The van der Waals surface area contributed by atoms with Gasteiger partial charge in [0.1, 0.15) is 5.75 Å². The van der Waals surface area contributed by atoms with E-state index < -0.39 is 10.5 Å². The van der Waals surface area contributed by atoms with Crippen LogP contribution in [0.3, 0.4) is 0 Å². The maximum atomic E-state index is 12.4. The van der Waals surface area contributed by atoms with Gasteiger partial charge in [-0.25, -0.2) is 0 Å². The minimum atomic E-state index is -4.98. The van der Waals surface area contributed by atoms with Gasteiger partial charge in [0.15, 0.2) is 0 Å². The Labute approximate surface area is 117 Å². The van der Waals surface area contributed by atoms with Crippen molar-refractivity contribution in [1.29, 1.82) is 0 Å². The second kappa shape index (κ2) is 5.78. The maximum Gasteiger partial charge on any atom is 0.488 e. The Morgan fingerprint density at radius 2 is 1.80 bits per heavy atom. The number of hydrogen-bond acceptors (Lipinski definition) is 4. The van der Waals surface area contributed by atoms with Crippen LogP contribution in [-0.4, -0.2) is 32.3 Å². The summed E-state index contributed by atoms with van der Waals surface area (Å²) in [4.78, 5) is 13.0. The second-order valence-electron chi connectivity index (χ2n) is 4.83. The third kappa shape index (κ3) is 3.93. The van der Waals surface area contributed by atoms with Crippen molar-refractivity contribution in [1.82, 2.24) is 4.90 Å². The van der Waals surface area contributed by atoms with Gasteiger partial charge in [0.05, 0.1) is 0 Å². The largest absolute Gasteiger partial charge is 0.488 e. The summed E-state index contributed by atoms with van der Waals surface area (Å²) >= 11 is 0. The molecule has 0 N–H and O–H groups in total. The number of halogens is 1. The van der Waals surface area contributed by atoms with Crippen LogP contribution < -0.4 is 4.18 Å². The topological polar surface area (TPSA) is 63.7 Å². The first-order chi connectivity index (χ1) is 9.35. The quantitative estimate of drug-likeness (QED) is 0.801. The van der Waals surface area contributed by atoms with Gasteiger partial charge in [0.2, 0.25) is 5.91 Å². The number of hydrogen-bond donors (Lipinski definition) is 0. The average molecular weight is 301 g/mol. The Morgan fingerprint density at radius 3 is 2.25 bits per heavy atom. The van der Waals surface area contributed by atoms with Gasteiger partial charge in [-0.1, -0.05) is 16.0 Å². The number of nitrogens with zero attached hydrogens (tertiary/aromatic N) is 1. The van der Waals surface area contributed by atoms with Crippen molar-refractivity contribution in [3.05, 3.63) is 29.8 Å². The van der Waals surface area contributed by atoms with Crippen LogP contribution in [0.5, 0.6) is 5.75 Å². The molecule has 1 aromatic rings. The molecule has 0 bridgehead atoms. The standard InChI is InChI=1S/C13H16FNO4S/c1-10(16)15-8-6-12(7-9-15)11-2-4-13(5-3-11)19-20(14,17)18/h2-5,12H,6-9H2,1H3. The molecule has 1 aromatic carbocycles. The number of rotatable bonds is 3. The van der Waals surface area contributed by atoms with Gasteiger partial charge >= 0.3 is 10.5 Å². The van der Waals surface area contributed by atoms with E-state index in [-0.39, 0.29) is 11.7 Å². The molecular weight excluding hydrogens is 285 g/mol. The van der Waals surface area contributed by atoms with Crippen LogP contribution in [0.4, 0.5) is 3.89 Å². The third-order valence-corrected chi connectivity index (χ3v) is 3.88. The number of carbonyl (C=O) groups is 1. The lowest BCUT2D eigenvalue weighted by atomic mass is 9.89. The van der Waals surface area contributed by atoms with E-state index in [0.717, 1.165) is 31.5 Å². The Morgan fingerprint density at radius 1 is 1.25 bits per heavy atom. The predicted molar refractivity (Wildman–Crippen MR) is 71.3 cm³/mol. The van der Waals surface area contributed by atoms with Crippen molar-refractivity contribution in [3.63, 3.8) is 0 Å². The van der Waals surface area contributed by atoms with Crippen LogP contribution >= 0.6 is 0 Å². The Balaban J connectivity index is 1.99. The molecule has 5 nitrogen and oxygen atoms in total. The fourth-order valence-corrected chi connectivity index (χ4v) is 2.78. The van der Waals surface area contributed by atoms with Crippen molar-refractivity contribution < 1.29 is 21.3 Å².